The van der Waals surface area contributed by atoms with Crippen LogP contribution < -0.4 is 5.32 Å². The lowest BCUT2D eigenvalue weighted by Gasteiger charge is -2.05. The lowest BCUT2D eigenvalue weighted by molar-refractivity contribution is -0.384. The average Bonchev–Trinajstić information content (AvgIpc) is 2.25. The van der Waals surface area contributed by atoms with E-state index in [1.54, 1.807) is 18.2 Å². The molecule has 0 spiro atoms. The fraction of sp³-hybridized carbons (Fsp3) is 0.182. The van der Waals surface area contributed by atoms with E-state index in [0.717, 1.165) is 4.90 Å². The van der Waals surface area contributed by atoms with Gasteiger partial charge in [0, 0.05) is 23.6 Å². The number of anilines is 1. The van der Waals surface area contributed by atoms with Crippen LogP contribution in [0.15, 0.2) is 35.7 Å². The topological polar surface area (TPSA) is 72.2 Å². The van der Waals surface area contributed by atoms with Gasteiger partial charge in [0.1, 0.15) is 5.69 Å². The van der Waals surface area contributed by atoms with Gasteiger partial charge < -0.3 is 5.32 Å². The number of hydrogen-bond donors (Lipinski definition) is 1. The van der Waals surface area contributed by atoms with Crippen molar-refractivity contribution in [2.75, 3.05) is 11.1 Å². The molecule has 0 aliphatic heterocycles. The minimum atomic E-state index is -0.521. The molecule has 0 aliphatic rings. The minimum absolute atomic E-state index is 0.108. The van der Waals surface area contributed by atoms with Crippen molar-refractivity contribution in [3.05, 3.63) is 41.0 Å². The maximum absolute atomic E-state index is 11.0. The van der Waals surface area contributed by atoms with Gasteiger partial charge in [-0.15, -0.1) is 18.3 Å². The molecule has 0 radical (unpaired) electrons. The van der Waals surface area contributed by atoms with E-state index in [1.165, 1.54) is 24.8 Å². The second kappa shape index (κ2) is 6.05. The van der Waals surface area contributed by atoms with Crippen LogP contribution in [0.3, 0.4) is 0 Å². The van der Waals surface area contributed by atoms with Crippen LogP contribution in [0.4, 0.5) is 11.4 Å². The fourth-order valence-electron chi connectivity index (χ4n) is 1.21. The van der Waals surface area contributed by atoms with E-state index in [2.05, 4.69) is 11.9 Å². The number of benzene rings is 1. The molecule has 1 amide bonds. The summed E-state index contributed by atoms with van der Waals surface area (Å²) in [4.78, 5) is 22.0. The highest BCUT2D eigenvalue weighted by atomic mass is 32.2. The number of nitrogens with zero attached hydrogens (tertiary/aromatic N) is 1. The minimum Gasteiger partial charge on any atom is -0.321 e. The second-order valence-electron chi connectivity index (χ2n) is 3.22. The average molecular weight is 252 g/mol. The lowest BCUT2D eigenvalue weighted by atomic mass is 10.2. The van der Waals surface area contributed by atoms with Crippen molar-refractivity contribution in [3.8, 4) is 0 Å². The van der Waals surface area contributed by atoms with Crippen molar-refractivity contribution in [1.29, 1.82) is 0 Å². The molecule has 0 aliphatic carbocycles. The van der Waals surface area contributed by atoms with Gasteiger partial charge in [0.2, 0.25) is 5.91 Å². The highest BCUT2D eigenvalue weighted by molar-refractivity contribution is 7.99. The van der Waals surface area contributed by atoms with E-state index < -0.39 is 4.92 Å². The van der Waals surface area contributed by atoms with Gasteiger partial charge >= 0.3 is 0 Å². The number of carbonyl (C=O) groups excluding carboxylic acids is 1. The third-order valence-corrected chi connectivity index (χ3v) is 2.83. The molecule has 0 unspecified atom stereocenters. The summed E-state index contributed by atoms with van der Waals surface area (Å²) in [5, 5.41) is 13.2. The van der Waals surface area contributed by atoms with E-state index in [0.29, 0.717) is 5.75 Å². The Kier molecular flexibility index (Phi) is 4.71. The fourth-order valence-corrected chi connectivity index (χ4v) is 1.88. The van der Waals surface area contributed by atoms with Crippen molar-refractivity contribution < 1.29 is 9.72 Å². The predicted octanol–water partition coefficient (Wildman–Crippen LogP) is 2.83. The molecule has 0 saturated carbocycles. The highest BCUT2D eigenvalue weighted by Gasteiger charge is 2.14. The van der Waals surface area contributed by atoms with Gasteiger partial charge in [0.15, 0.2) is 0 Å². The van der Waals surface area contributed by atoms with Crippen molar-refractivity contribution >= 4 is 29.0 Å². The molecule has 1 N–H and O–H groups in total. The molecular formula is C11H12N2O3S. The van der Waals surface area contributed by atoms with Crippen LogP contribution in [-0.2, 0) is 4.79 Å². The first-order valence-electron chi connectivity index (χ1n) is 4.84. The molecule has 90 valence electrons. The monoisotopic (exact) mass is 252 g/mol. The Morgan fingerprint density at radius 1 is 1.65 bits per heavy atom. The van der Waals surface area contributed by atoms with E-state index in [-0.39, 0.29) is 17.3 Å². The van der Waals surface area contributed by atoms with Gasteiger partial charge in [-0.05, 0) is 12.1 Å². The van der Waals surface area contributed by atoms with Gasteiger partial charge in [-0.1, -0.05) is 6.08 Å². The van der Waals surface area contributed by atoms with E-state index in [1.807, 2.05) is 0 Å². The zero-order valence-corrected chi connectivity index (χ0v) is 10.1. The molecule has 1 rings (SSSR count). The Bertz CT molecular complexity index is 460. The van der Waals surface area contributed by atoms with Crippen LogP contribution in [0.2, 0.25) is 0 Å². The van der Waals surface area contributed by atoms with Gasteiger partial charge in [-0.3, -0.25) is 14.9 Å². The van der Waals surface area contributed by atoms with Crippen molar-refractivity contribution in [2.24, 2.45) is 0 Å². The maximum atomic E-state index is 11.0. The Balaban J connectivity index is 3.04. The smallest absolute Gasteiger partial charge is 0.292 e. The van der Waals surface area contributed by atoms with Gasteiger partial charge in [0.05, 0.1) is 4.92 Å². The second-order valence-corrected chi connectivity index (χ2v) is 4.31. The number of nitro benzene ring substituents is 1. The number of nitrogens with one attached hydrogen (secondary N) is 1. The molecule has 6 heteroatoms. The Hall–Kier alpha value is -1.82. The molecule has 0 fully saturated rings. The van der Waals surface area contributed by atoms with Crippen molar-refractivity contribution in [3.63, 3.8) is 0 Å². The quantitative estimate of drug-likeness (QED) is 0.378. The van der Waals surface area contributed by atoms with Crippen LogP contribution in [0.1, 0.15) is 6.92 Å². The van der Waals surface area contributed by atoms with Crippen LogP contribution in [0.5, 0.6) is 0 Å². The highest BCUT2D eigenvalue weighted by Crippen LogP contribution is 2.30. The number of rotatable bonds is 5. The maximum Gasteiger partial charge on any atom is 0.292 e. The summed E-state index contributed by atoms with van der Waals surface area (Å²) in [6.07, 6.45) is 1.74. The summed E-state index contributed by atoms with van der Waals surface area (Å²) >= 11 is 1.49. The Morgan fingerprint density at radius 3 is 2.88 bits per heavy atom. The number of hydrogen-bond acceptors (Lipinski definition) is 4. The Labute approximate surface area is 103 Å². The number of thioether (sulfide) groups is 1. The summed E-state index contributed by atoms with van der Waals surface area (Å²) in [5.41, 5.74) is 0.111. The predicted molar refractivity (Wildman–Crippen MR) is 68.3 cm³/mol. The van der Waals surface area contributed by atoms with Crippen LogP contribution in [-0.4, -0.2) is 16.6 Å². The molecule has 0 atom stereocenters. The summed E-state index contributed by atoms with van der Waals surface area (Å²) in [6.45, 7) is 4.91. The van der Waals surface area contributed by atoms with Crippen molar-refractivity contribution in [1.82, 2.24) is 0 Å². The SMILES string of the molecule is C=CCSc1ccc([N+](=O)[O-])c(NC(C)=O)c1. The van der Waals surface area contributed by atoms with Gasteiger partial charge in [0.25, 0.3) is 5.69 Å². The molecule has 5 nitrogen and oxygen atoms in total. The molecular weight excluding hydrogens is 240 g/mol. The molecule has 1 aromatic rings. The number of nitro groups is 1. The van der Waals surface area contributed by atoms with E-state index in [4.69, 9.17) is 0 Å². The van der Waals surface area contributed by atoms with E-state index >= 15 is 0 Å². The lowest BCUT2D eigenvalue weighted by Crippen LogP contribution is -2.08. The zero-order valence-electron chi connectivity index (χ0n) is 9.30. The zero-order chi connectivity index (χ0) is 12.8. The molecule has 0 bridgehead atoms. The molecule has 17 heavy (non-hydrogen) atoms. The van der Waals surface area contributed by atoms with Crippen LogP contribution in [0.25, 0.3) is 0 Å². The summed E-state index contributed by atoms with van der Waals surface area (Å²) in [7, 11) is 0. The standard InChI is InChI=1S/C11H12N2O3S/c1-3-6-17-9-4-5-11(13(15)16)10(7-9)12-8(2)14/h3-5,7H,1,6H2,2H3,(H,12,14). The third kappa shape index (κ3) is 3.92. The van der Waals surface area contributed by atoms with Gasteiger partial charge in [-0.2, -0.15) is 0 Å². The van der Waals surface area contributed by atoms with E-state index in [9.17, 15) is 14.9 Å². The van der Waals surface area contributed by atoms with Gasteiger partial charge in [-0.25, -0.2) is 0 Å². The first-order valence-corrected chi connectivity index (χ1v) is 5.83. The Morgan fingerprint density at radius 2 is 2.35 bits per heavy atom. The third-order valence-electron chi connectivity index (χ3n) is 1.84. The molecule has 0 aromatic heterocycles. The summed E-state index contributed by atoms with van der Waals surface area (Å²) in [6, 6.07) is 4.63. The van der Waals surface area contributed by atoms with Crippen molar-refractivity contribution in [2.45, 2.75) is 11.8 Å². The summed E-state index contributed by atoms with van der Waals surface area (Å²) < 4.78 is 0. The molecule has 0 saturated heterocycles. The number of carbonyl (C=O) groups is 1. The normalized spacial score (nSPS) is 9.71. The first-order chi connectivity index (χ1) is 8.04. The van der Waals surface area contributed by atoms with Crippen LogP contribution in [0, 0.1) is 10.1 Å². The largest absolute Gasteiger partial charge is 0.321 e. The summed E-state index contributed by atoms with van der Waals surface area (Å²) in [5.74, 6) is 0.371. The van der Waals surface area contributed by atoms with Crippen LogP contribution >= 0.6 is 11.8 Å². The molecule has 0 heterocycles. The first kappa shape index (κ1) is 13.2. The molecule has 1 aromatic carbocycles. The number of amides is 1.